The van der Waals surface area contributed by atoms with Crippen LogP contribution in [0.3, 0.4) is 0 Å². The summed E-state index contributed by atoms with van der Waals surface area (Å²) in [6.45, 7) is 1.37. The second kappa shape index (κ2) is 6.64. The molecule has 6 nitrogen and oxygen atoms in total. The Balaban J connectivity index is 1.79. The number of amides is 1. The Morgan fingerprint density at radius 2 is 2.09 bits per heavy atom. The molecule has 1 aliphatic rings. The van der Waals surface area contributed by atoms with Gasteiger partial charge in [-0.2, -0.15) is 10.2 Å². The third-order valence-corrected chi connectivity index (χ3v) is 4.18. The Kier molecular flexibility index (Phi) is 4.41. The summed E-state index contributed by atoms with van der Waals surface area (Å²) in [6.07, 6.45) is 3.93. The molecule has 0 N–H and O–H groups in total. The zero-order chi connectivity index (χ0) is 16.2. The van der Waals surface area contributed by atoms with Crippen molar-refractivity contribution in [2.24, 2.45) is 0 Å². The average Bonchev–Trinajstić information content (AvgIpc) is 3.10. The molecule has 1 saturated heterocycles. The van der Waals surface area contributed by atoms with Crippen LogP contribution >= 0.6 is 0 Å². The molecule has 2 heterocycles. The van der Waals surface area contributed by atoms with E-state index >= 15 is 0 Å². The molecule has 1 atom stereocenters. The van der Waals surface area contributed by atoms with Gasteiger partial charge in [-0.15, -0.1) is 0 Å². The molecule has 1 aromatic carbocycles. The average molecular weight is 313 g/mol. The molecule has 1 aromatic heterocycles. The van der Waals surface area contributed by atoms with E-state index in [-0.39, 0.29) is 11.8 Å². The molecule has 23 heavy (non-hydrogen) atoms. The lowest BCUT2D eigenvalue weighted by atomic mass is 9.97. The van der Waals surface area contributed by atoms with Gasteiger partial charge in [-0.05, 0) is 18.6 Å². The topological polar surface area (TPSA) is 64.5 Å². The minimum absolute atomic E-state index is 0.00994. The van der Waals surface area contributed by atoms with Crippen molar-refractivity contribution in [3.05, 3.63) is 47.8 Å². The number of aromatic nitrogens is 2. The maximum absolute atomic E-state index is 12.5. The summed E-state index contributed by atoms with van der Waals surface area (Å²) in [5, 5.41) is 7.48. The summed E-state index contributed by atoms with van der Waals surface area (Å²) in [7, 11) is 3.27. The normalized spacial score (nSPS) is 17.1. The van der Waals surface area contributed by atoms with Crippen LogP contribution in [0.5, 0.6) is 11.5 Å². The molecule has 0 radical (unpaired) electrons. The fraction of sp³-hybridized carbons (Fsp3) is 0.353. The number of para-hydroxylation sites is 1. The monoisotopic (exact) mass is 313 g/mol. The van der Waals surface area contributed by atoms with Gasteiger partial charge in [0.2, 0.25) is 0 Å². The first-order valence-electron chi connectivity index (χ1n) is 7.51. The zero-order valence-corrected chi connectivity index (χ0v) is 13.2. The highest BCUT2D eigenvalue weighted by Gasteiger charge is 2.30. The molecular formula is C17H19N3O3. The SMILES string of the molecule is COc1cccc(C2CCN(C(=O)c3ccnnc3)C2)c1OC. The summed E-state index contributed by atoms with van der Waals surface area (Å²) < 4.78 is 10.9. The van der Waals surface area contributed by atoms with E-state index in [2.05, 4.69) is 10.2 Å². The van der Waals surface area contributed by atoms with Gasteiger partial charge in [-0.1, -0.05) is 12.1 Å². The highest BCUT2D eigenvalue weighted by molar-refractivity contribution is 5.94. The lowest BCUT2D eigenvalue weighted by molar-refractivity contribution is 0.0790. The molecule has 120 valence electrons. The first kappa shape index (κ1) is 15.3. The molecule has 1 unspecified atom stereocenters. The molecule has 3 rings (SSSR count). The minimum Gasteiger partial charge on any atom is -0.493 e. The molecule has 6 heteroatoms. The van der Waals surface area contributed by atoms with Gasteiger partial charge >= 0.3 is 0 Å². The summed E-state index contributed by atoms with van der Waals surface area (Å²) in [5.41, 5.74) is 1.65. The molecule has 0 spiro atoms. The van der Waals surface area contributed by atoms with Crippen LogP contribution in [0.4, 0.5) is 0 Å². The fourth-order valence-corrected chi connectivity index (χ4v) is 3.03. The lowest BCUT2D eigenvalue weighted by Gasteiger charge is -2.19. The number of ether oxygens (including phenoxy) is 2. The van der Waals surface area contributed by atoms with Crippen molar-refractivity contribution in [1.82, 2.24) is 15.1 Å². The number of rotatable bonds is 4. The van der Waals surface area contributed by atoms with E-state index in [4.69, 9.17) is 9.47 Å². The number of hydrogen-bond donors (Lipinski definition) is 0. The number of carbonyl (C=O) groups is 1. The van der Waals surface area contributed by atoms with E-state index in [1.807, 2.05) is 23.1 Å². The summed E-state index contributed by atoms with van der Waals surface area (Å²) in [6, 6.07) is 7.56. The van der Waals surface area contributed by atoms with E-state index in [1.165, 1.54) is 12.4 Å². The van der Waals surface area contributed by atoms with Crippen LogP contribution in [0.25, 0.3) is 0 Å². The predicted octanol–water partition coefficient (Wildman–Crippen LogP) is 2.12. The number of methoxy groups -OCH3 is 2. The molecule has 0 saturated carbocycles. The largest absolute Gasteiger partial charge is 0.493 e. The van der Waals surface area contributed by atoms with Gasteiger partial charge in [0, 0.05) is 24.6 Å². The van der Waals surface area contributed by atoms with E-state index in [9.17, 15) is 4.79 Å². The van der Waals surface area contributed by atoms with Crippen LogP contribution in [-0.4, -0.2) is 48.3 Å². The van der Waals surface area contributed by atoms with Crippen LogP contribution in [0, 0.1) is 0 Å². The Labute approximate surface area is 135 Å². The van der Waals surface area contributed by atoms with Crippen molar-refractivity contribution < 1.29 is 14.3 Å². The van der Waals surface area contributed by atoms with Gasteiger partial charge in [0.25, 0.3) is 5.91 Å². The molecule has 1 fully saturated rings. The summed E-state index contributed by atoms with van der Waals surface area (Å²) in [4.78, 5) is 14.4. The number of likely N-dealkylation sites (tertiary alicyclic amines) is 1. The van der Waals surface area contributed by atoms with Gasteiger partial charge in [-0.25, -0.2) is 0 Å². The third kappa shape index (κ3) is 2.97. The Morgan fingerprint density at radius 3 is 2.78 bits per heavy atom. The first-order chi connectivity index (χ1) is 11.2. The van der Waals surface area contributed by atoms with E-state index in [0.717, 1.165) is 17.7 Å². The molecule has 1 aliphatic heterocycles. The van der Waals surface area contributed by atoms with Crippen LogP contribution in [0.15, 0.2) is 36.7 Å². The van der Waals surface area contributed by atoms with Gasteiger partial charge in [-0.3, -0.25) is 4.79 Å². The molecular weight excluding hydrogens is 294 g/mol. The van der Waals surface area contributed by atoms with Crippen molar-refractivity contribution in [3.8, 4) is 11.5 Å². The second-order valence-corrected chi connectivity index (χ2v) is 5.45. The van der Waals surface area contributed by atoms with E-state index in [0.29, 0.717) is 24.4 Å². The minimum atomic E-state index is -0.00994. The Bertz CT molecular complexity index is 691. The van der Waals surface area contributed by atoms with Crippen LogP contribution < -0.4 is 9.47 Å². The van der Waals surface area contributed by atoms with Crippen molar-refractivity contribution in [1.29, 1.82) is 0 Å². The standard InChI is InChI=1S/C17H19N3O3/c1-22-15-5-3-4-14(16(15)23-2)13-7-9-20(11-13)17(21)12-6-8-18-19-10-12/h3-6,8,10,13H,7,9,11H2,1-2H3. The smallest absolute Gasteiger partial charge is 0.255 e. The van der Waals surface area contributed by atoms with E-state index in [1.54, 1.807) is 20.3 Å². The molecule has 1 amide bonds. The molecule has 0 aliphatic carbocycles. The number of hydrogen-bond acceptors (Lipinski definition) is 5. The van der Waals surface area contributed by atoms with Gasteiger partial charge in [0.15, 0.2) is 11.5 Å². The van der Waals surface area contributed by atoms with Gasteiger partial charge in [0.1, 0.15) is 0 Å². The van der Waals surface area contributed by atoms with Crippen LogP contribution in [0.2, 0.25) is 0 Å². The quantitative estimate of drug-likeness (QED) is 0.865. The predicted molar refractivity (Wildman–Crippen MR) is 84.8 cm³/mol. The van der Waals surface area contributed by atoms with Crippen LogP contribution in [0.1, 0.15) is 28.3 Å². The molecule has 0 bridgehead atoms. The van der Waals surface area contributed by atoms with Crippen molar-refractivity contribution in [3.63, 3.8) is 0 Å². The highest BCUT2D eigenvalue weighted by Crippen LogP contribution is 2.39. The Hall–Kier alpha value is -2.63. The van der Waals surface area contributed by atoms with Crippen molar-refractivity contribution in [2.75, 3.05) is 27.3 Å². The van der Waals surface area contributed by atoms with Gasteiger partial charge < -0.3 is 14.4 Å². The zero-order valence-electron chi connectivity index (χ0n) is 13.2. The summed E-state index contributed by atoms with van der Waals surface area (Å²) >= 11 is 0. The van der Waals surface area contributed by atoms with Crippen molar-refractivity contribution >= 4 is 5.91 Å². The highest BCUT2D eigenvalue weighted by atomic mass is 16.5. The maximum atomic E-state index is 12.5. The van der Waals surface area contributed by atoms with Crippen molar-refractivity contribution in [2.45, 2.75) is 12.3 Å². The fourth-order valence-electron chi connectivity index (χ4n) is 3.03. The third-order valence-electron chi connectivity index (χ3n) is 4.18. The second-order valence-electron chi connectivity index (χ2n) is 5.45. The number of benzene rings is 1. The number of nitrogens with zero attached hydrogens (tertiary/aromatic N) is 3. The summed E-state index contributed by atoms with van der Waals surface area (Å²) in [5.74, 6) is 1.69. The van der Waals surface area contributed by atoms with E-state index < -0.39 is 0 Å². The first-order valence-corrected chi connectivity index (χ1v) is 7.51. The maximum Gasteiger partial charge on any atom is 0.255 e. The lowest BCUT2D eigenvalue weighted by Crippen LogP contribution is -2.28. The molecule has 2 aromatic rings. The van der Waals surface area contributed by atoms with Crippen LogP contribution in [-0.2, 0) is 0 Å². The number of carbonyl (C=O) groups excluding carboxylic acids is 1. The Morgan fingerprint density at radius 1 is 1.22 bits per heavy atom. The van der Waals surface area contributed by atoms with Gasteiger partial charge in [0.05, 0.1) is 32.2 Å².